The predicted octanol–water partition coefficient (Wildman–Crippen LogP) is 1.62. The number of thiol groups is 1. The van der Waals surface area contributed by atoms with E-state index in [4.69, 9.17) is 4.74 Å². The zero-order valence-corrected chi connectivity index (χ0v) is 10.6. The van der Waals surface area contributed by atoms with Crippen LogP contribution >= 0.6 is 12.6 Å². The number of rotatable bonds is 4. The lowest BCUT2D eigenvalue weighted by Gasteiger charge is -2.18. The van der Waals surface area contributed by atoms with E-state index in [1.54, 1.807) is 7.11 Å². The van der Waals surface area contributed by atoms with Gasteiger partial charge in [0.2, 0.25) is 5.91 Å². The van der Waals surface area contributed by atoms with Crippen molar-refractivity contribution in [2.45, 2.75) is 50.5 Å². The van der Waals surface area contributed by atoms with E-state index in [0.717, 1.165) is 19.3 Å². The van der Waals surface area contributed by atoms with E-state index in [9.17, 15) is 4.79 Å². The highest BCUT2D eigenvalue weighted by Gasteiger charge is 2.27. The fraction of sp³-hybridized carbons (Fsp3) is 0.909. The zero-order chi connectivity index (χ0) is 11.4. The summed E-state index contributed by atoms with van der Waals surface area (Å²) in [6.45, 7) is 4.01. The van der Waals surface area contributed by atoms with Crippen LogP contribution < -0.4 is 5.32 Å². The van der Waals surface area contributed by atoms with Crippen LogP contribution in [0.3, 0.4) is 0 Å². The van der Waals surface area contributed by atoms with Gasteiger partial charge < -0.3 is 10.1 Å². The Kier molecular flexibility index (Phi) is 4.93. The van der Waals surface area contributed by atoms with Crippen LogP contribution in [0.15, 0.2) is 0 Å². The molecule has 88 valence electrons. The first-order valence-electron chi connectivity index (χ1n) is 5.55. The molecule has 0 heterocycles. The van der Waals surface area contributed by atoms with Crippen LogP contribution in [-0.2, 0) is 9.53 Å². The highest BCUT2D eigenvalue weighted by molar-refractivity contribution is 7.81. The number of ether oxygens (including phenoxy) is 1. The molecule has 1 N–H and O–H groups in total. The van der Waals surface area contributed by atoms with Gasteiger partial charge in [-0.05, 0) is 25.2 Å². The topological polar surface area (TPSA) is 38.3 Å². The van der Waals surface area contributed by atoms with Gasteiger partial charge in [-0.25, -0.2) is 0 Å². The van der Waals surface area contributed by atoms with Crippen molar-refractivity contribution in [3.63, 3.8) is 0 Å². The number of carbonyl (C=O) groups excluding carboxylic acids is 1. The molecule has 1 saturated carbocycles. The molecule has 0 bridgehead atoms. The van der Waals surface area contributed by atoms with Gasteiger partial charge >= 0.3 is 0 Å². The largest absolute Gasteiger partial charge is 0.381 e. The van der Waals surface area contributed by atoms with E-state index in [-0.39, 0.29) is 23.1 Å². The maximum Gasteiger partial charge on any atom is 0.233 e. The third-order valence-electron chi connectivity index (χ3n) is 2.96. The number of hydrogen-bond acceptors (Lipinski definition) is 3. The van der Waals surface area contributed by atoms with Gasteiger partial charge in [-0.2, -0.15) is 12.6 Å². The highest BCUT2D eigenvalue weighted by atomic mass is 32.1. The molecule has 15 heavy (non-hydrogen) atoms. The Hall–Kier alpha value is -0.220. The predicted molar refractivity (Wildman–Crippen MR) is 64.2 cm³/mol. The van der Waals surface area contributed by atoms with Crippen LogP contribution in [0.25, 0.3) is 0 Å². The molecule has 1 amide bonds. The van der Waals surface area contributed by atoms with Crippen molar-refractivity contribution in [2.24, 2.45) is 5.92 Å². The lowest BCUT2D eigenvalue weighted by atomic mass is 10.1. The second kappa shape index (κ2) is 5.75. The number of hydrogen-bond donors (Lipinski definition) is 2. The number of amides is 1. The molecular weight excluding hydrogens is 210 g/mol. The third kappa shape index (κ3) is 3.68. The van der Waals surface area contributed by atoms with E-state index in [1.165, 1.54) is 0 Å². The lowest BCUT2D eigenvalue weighted by Crippen LogP contribution is -2.40. The normalized spacial score (nSPS) is 28.1. The third-order valence-corrected chi connectivity index (χ3v) is 3.80. The second-order valence-corrected chi connectivity index (χ2v) is 5.12. The first kappa shape index (κ1) is 12.8. The Bertz CT molecular complexity index is 221. The number of nitrogens with one attached hydrogen (secondary N) is 1. The van der Waals surface area contributed by atoms with Crippen LogP contribution in [0.1, 0.15) is 33.1 Å². The molecule has 0 spiro atoms. The molecular formula is C11H21NO2S. The zero-order valence-electron chi connectivity index (χ0n) is 9.69. The SMILES string of the molecule is COC1CCC(NC(=O)C(S)C(C)C)C1. The molecule has 0 aromatic rings. The first-order valence-corrected chi connectivity index (χ1v) is 6.07. The van der Waals surface area contributed by atoms with Crippen molar-refractivity contribution < 1.29 is 9.53 Å². The van der Waals surface area contributed by atoms with Gasteiger partial charge in [0, 0.05) is 13.2 Å². The van der Waals surface area contributed by atoms with Crippen LogP contribution in [0, 0.1) is 5.92 Å². The summed E-state index contributed by atoms with van der Waals surface area (Å²) in [5.41, 5.74) is 0. The van der Waals surface area contributed by atoms with E-state index in [0.29, 0.717) is 6.10 Å². The summed E-state index contributed by atoms with van der Waals surface area (Å²) < 4.78 is 5.26. The van der Waals surface area contributed by atoms with Crippen LogP contribution in [0.4, 0.5) is 0 Å². The molecule has 0 aromatic carbocycles. The molecule has 1 aliphatic rings. The summed E-state index contributed by atoms with van der Waals surface area (Å²) >= 11 is 4.29. The Morgan fingerprint density at radius 3 is 2.60 bits per heavy atom. The van der Waals surface area contributed by atoms with Gasteiger partial charge in [0.1, 0.15) is 0 Å². The Morgan fingerprint density at radius 2 is 2.13 bits per heavy atom. The summed E-state index contributed by atoms with van der Waals surface area (Å²) in [5.74, 6) is 0.322. The minimum atomic E-state index is -0.202. The van der Waals surface area contributed by atoms with Gasteiger partial charge in [0.05, 0.1) is 11.4 Å². The molecule has 1 fully saturated rings. The van der Waals surface area contributed by atoms with E-state index < -0.39 is 0 Å². The van der Waals surface area contributed by atoms with Gasteiger partial charge in [0.15, 0.2) is 0 Å². The molecule has 3 unspecified atom stereocenters. The van der Waals surface area contributed by atoms with Gasteiger partial charge in [-0.3, -0.25) is 4.79 Å². The van der Waals surface area contributed by atoms with Crippen molar-refractivity contribution >= 4 is 18.5 Å². The van der Waals surface area contributed by atoms with Gasteiger partial charge in [-0.15, -0.1) is 0 Å². The summed E-state index contributed by atoms with van der Waals surface area (Å²) in [5, 5.41) is 2.83. The van der Waals surface area contributed by atoms with Gasteiger partial charge in [0.25, 0.3) is 0 Å². The summed E-state index contributed by atoms with van der Waals surface area (Å²) in [6.07, 6.45) is 3.30. The van der Waals surface area contributed by atoms with E-state index in [1.807, 2.05) is 13.8 Å². The first-order chi connectivity index (χ1) is 7.04. The van der Waals surface area contributed by atoms with E-state index in [2.05, 4.69) is 17.9 Å². The van der Waals surface area contributed by atoms with Crippen molar-refractivity contribution in [3.8, 4) is 0 Å². The molecule has 0 aromatic heterocycles. The van der Waals surface area contributed by atoms with Crippen molar-refractivity contribution in [1.29, 1.82) is 0 Å². The molecule has 1 rings (SSSR count). The summed E-state index contributed by atoms with van der Waals surface area (Å²) in [6, 6.07) is 0.274. The summed E-state index contributed by atoms with van der Waals surface area (Å²) in [7, 11) is 1.73. The van der Waals surface area contributed by atoms with Crippen molar-refractivity contribution in [3.05, 3.63) is 0 Å². The average Bonchev–Trinajstić information content (AvgIpc) is 2.64. The average molecular weight is 231 g/mol. The highest BCUT2D eigenvalue weighted by Crippen LogP contribution is 2.22. The number of carbonyl (C=O) groups is 1. The molecule has 1 aliphatic carbocycles. The monoisotopic (exact) mass is 231 g/mol. The fourth-order valence-electron chi connectivity index (χ4n) is 1.87. The lowest BCUT2D eigenvalue weighted by molar-refractivity contribution is -0.121. The van der Waals surface area contributed by atoms with Crippen LogP contribution in [0.5, 0.6) is 0 Å². The molecule has 0 saturated heterocycles. The molecule has 3 atom stereocenters. The van der Waals surface area contributed by atoms with Crippen LogP contribution in [0.2, 0.25) is 0 Å². The maximum absolute atomic E-state index is 11.7. The van der Waals surface area contributed by atoms with Gasteiger partial charge in [-0.1, -0.05) is 13.8 Å². The Morgan fingerprint density at radius 1 is 1.47 bits per heavy atom. The minimum absolute atomic E-state index is 0.0510. The standard InChI is InChI=1S/C11H21NO2S/c1-7(2)10(15)11(13)12-8-4-5-9(6-8)14-3/h7-10,15H,4-6H2,1-3H3,(H,12,13). The second-order valence-electron chi connectivity index (χ2n) is 4.57. The number of methoxy groups -OCH3 is 1. The molecule has 0 aliphatic heterocycles. The Labute approximate surface area is 97.4 Å². The fourth-order valence-corrected chi connectivity index (χ4v) is 1.95. The summed E-state index contributed by atoms with van der Waals surface area (Å²) in [4.78, 5) is 11.7. The smallest absolute Gasteiger partial charge is 0.233 e. The van der Waals surface area contributed by atoms with E-state index >= 15 is 0 Å². The van der Waals surface area contributed by atoms with Crippen molar-refractivity contribution in [2.75, 3.05) is 7.11 Å². The molecule has 3 nitrogen and oxygen atoms in total. The van der Waals surface area contributed by atoms with Crippen molar-refractivity contribution in [1.82, 2.24) is 5.32 Å². The maximum atomic E-state index is 11.7. The molecule has 0 radical (unpaired) electrons. The minimum Gasteiger partial charge on any atom is -0.381 e. The van der Waals surface area contributed by atoms with Crippen LogP contribution in [-0.4, -0.2) is 30.4 Å². The quantitative estimate of drug-likeness (QED) is 0.722. The molecule has 4 heteroatoms. The Balaban J connectivity index is 2.33.